The van der Waals surface area contributed by atoms with Crippen molar-refractivity contribution in [2.24, 2.45) is 11.8 Å². The lowest BCUT2D eigenvalue weighted by Gasteiger charge is -2.33. The molecule has 108 valence electrons. The number of anilines is 1. The second kappa shape index (κ2) is 6.94. The highest BCUT2D eigenvalue weighted by Gasteiger charge is 2.26. The lowest BCUT2D eigenvalue weighted by atomic mass is 9.79. The molecule has 1 aromatic heterocycles. The Labute approximate surface area is 116 Å². The second-order valence-electron chi connectivity index (χ2n) is 5.85. The summed E-state index contributed by atoms with van der Waals surface area (Å²) in [6.45, 7) is 6.47. The van der Waals surface area contributed by atoms with Gasteiger partial charge >= 0.3 is 0 Å². The third-order valence-electron chi connectivity index (χ3n) is 4.44. The number of ether oxygens (including phenoxy) is 1. The molecule has 0 spiro atoms. The van der Waals surface area contributed by atoms with Crippen LogP contribution in [0.25, 0.3) is 0 Å². The molecule has 0 bridgehead atoms. The van der Waals surface area contributed by atoms with Gasteiger partial charge in [-0.3, -0.25) is 0 Å². The van der Waals surface area contributed by atoms with Crippen LogP contribution < -0.4 is 5.32 Å². The maximum absolute atomic E-state index is 5.07. The van der Waals surface area contributed by atoms with Crippen LogP contribution >= 0.6 is 0 Å². The van der Waals surface area contributed by atoms with Crippen LogP contribution in [0.4, 0.5) is 5.95 Å². The SMILES string of the molecule is COCCCNc1nccn1C1CCC(C)C(C)C1. The summed E-state index contributed by atoms with van der Waals surface area (Å²) in [4.78, 5) is 4.44. The van der Waals surface area contributed by atoms with Crippen LogP contribution in [-0.2, 0) is 4.74 Å². The Kier molecular flexibility index (Phi) is 5.25. The van der Waals surface area contributed by atoms with Crippen LogP contribution in [-0.4, -0.2) is 29.8 Å². The zero-order valence-electron chi connectivity index (χ0n) is 12.4. The number of rotatable bonds is 6. The Morgan fingerprint density at radius 1 is 1.37 bits per heavy atom. The molecule has 1 aromatic rings. The fourth-order valence-corrected chi connectivity index (χ4v) is 2.93. The van der Waals surface area contributed by atoms with Gasteiger partial charge in [0.2, 0.25) is 5.95 Å². The van der Waals surface area contributed by atoms with Crippen molar-refractivity contribution >= 4 is 5.95 Å². The minimum absolute atomic E-state index is 0.610. The number of aromatic nitrogens is 2. The molecule has 1 N–H and O–H groups in total. The van der Waals surface area contributed by atoms with Crippen molar-refractivity contribution in [1.29, 1.82) is 0 Å². The first-order valence-corrected chi connectivity index (χ1v) is 7.48. The number of nitrogens with zero attached hydrogens (tertiary/aromatic N) is 2. The minimum atomic E-state index is 0.610. The lowest BCUT2D eigenvalue weighted by molar-refractivity contribution is 0.197. The second-order valence-corrected chi connectivity index (χ2v) is 5.85. The van der Waals surface area contributed by atoms with Crippen molar-refractivity contribution < 1.29 is 4.74 Å². The van der Waals surface area contributed by atoms with Gasteiger partial charge < -0.3 is 14.6 Å². The summed E-state index contributed by atoms with van der Waals surface area (Å²) in [7, 11) is 1.74. The van der Waals surface area contributed by atoms with Gasteiger partial charge in [0, 0.05) is 38.7 Å². The first-order valence-electron chi connectivity index (χ1n) is 7.48. The molecule has 0 saturated heterocycles. The van der Waals surface area contributed by atoms with Gasteiger partial charge in [-0.2, -0.15) is 0 Å². The highest BCUT2D eigenvalue weighted by atomic mass is 16.5. The van der Waals surface area contributed by atoms with E-state index in [1.54, 1.807) is 7.11 Å². The Hall–Kier alpha value is -1.03. The molecule has 0 amide bonds. The van der Waals surface area contributed by atoms with Crippen LogP contribution in [0, 0.1) is 11.8 Å². The molecule has 2 rings (SSSR count). The molecule has 1 fully saturated rings. The Morgan fingerprint density at radius 3 is 2.95 bits per heavy atom. The summed E-state index contributed by atoms with van der Waals surface area (Å²) in [6.07, 6.45) is 8.90. The predicted molar refractivity (Wildman–Crippen MR) is 78.4 cm³/mol. The molecular formula is C15H27N3O. The molecule has 3 unspecified atom stereocenters. The molecule has 1 aliphatic rings. The topological polar surface area (TPSA) is 39.1 Å². The summed E-state index contributed by atoms with van der Waals surface area (Å²) < 4.78 is 7.40. The maximum Gasteiger partial charge on any atom is 0.203 e. The highest BCUT2D eigenvalue weighted by molar-refractivity contribution is 5.26. The van der Waals surface area contributed by atoms with Crippen LogP contribution in [0.5, 0.6) is 0 Å². The molecular weight excluding hydrogens is 238 g/mol. The van der Waals surface area contributed by atoms with E-state index in [2.05, 4.69) is 34.9 Å². The van der Waals surface area contributed by atoms with E-state index in [1.165, 1.54) is 19.3 Å². The van der Waals surface area contributed by atoms with E-state index in [1.807, 2.05) is 6.20 Å². The van der Waals surface area contributed by atoms with E-state index in [0.717, 1.165) is 37.4 Å². The fourth-order valence-electron chi connectivity index (χ4n) is 2.93. The van der Waals surface area contributed by atoms with Gasteiger partial charge in [0.25, 0.3) is 0 Å². The molecule has 1 heterocycles. The summed E-state index contributed by atoms with van der Waals surface area (Å²) in [5.74, 6) is 2.68. The standard InChI is InChI=1S/C15H27N3O/c1-12-5-6-14(11-13(12)2)18-9-8-17-15(18)16-7-4-10-19-3/h8-9,12-14H,4-7,10-11H2,1-3H3,(H,16,17). The van der Waals surface area contributed by atoms with Gasteiger partial charge in [-0.25, -0.2) is 4.98 Å². The fraction of sp³-hybridized carbons (Fsp3) is 0.800. The first-order chi connectivity index (χ1) is 9.22. The molecule has 1 aliphatic carbocycles. The Bertz CT molecular complexity index is 377. The third-order valence-corrected chi connectivity index (χ3v) is 4.44. The number of hydrogen-bond acceptors (Lipinski definition) is 3. The van der Waals surface area contributed by atoms with E-state index in [9.17, 15) is 0 Å². The summed E-state index contributed by atoms with van der Waals surface area (Å²) in [5.41, 5.74) is 0. The molecule has 0 aliphatic heterocycles. The monoisotopic (exact) mass is 265 g/mol. The quantitative estimate of drug-likeness (QED) is 0.802. The maximum atomic E-state index is 5.07. The predicted octanol–water partition coefficient (Wildman–Crippen LogP) is 3.33. The Morgan fingerprint density at radius 2 is 2.21 bits per heavy atom. The van der Waals surface area contributed by atoms with Crippen molar-refractivity contribution in [1.82, 2.24) is 9.55 Å². The molecule has 0 radical (unpaired) electrons. The van der Waals surface area contributed by atoms with Gasteiger partial charge in [-0.05, 0) is 37.5 Å². The van der Waals surface area contributed by atoms with Gasteiger partial charge in [-0.15, -0.1) is 0 Å². The van der Waals surface area contributed by atoms with E-state index in [4.69, 9.17) is 4.74 Å². The normalized spacial score (nSPS) is 27.4. The van der Waals surface area contributed by atoms with Crippen LogP contribution in [0.2, 0.25) is 0 Å². The van der Waals surface area contributed by atoms with Gasteiger partial charge in [0.15, 0.2) is 0 Å². The average Bonchev–Trinajstić information content (AvgIpc) is 2.86. The Balaban J connectivity index is 1.91. The first kappa shape index (κ1) is 14.4. The molecule has 4 nitrogen and oxygen atoms in total. The van der Waals surface area contributed by atoms with Crippen molar-refractivity contribution in [3.8, 4) is 0 Å². The van der Waals surface area contributed by atoms with Crippen molar-refractivity contribution in [3.63, 3.8) is 0 Å². The minimum Gasteiger partial charge on any atom is -0.385 e. The molecule has 3 atom stereocenters. The zero-order valence-corrected chi connectivity index (χ0v) is 12.4. The van der Waals surface area contributed by atoms with E-state index >= 15 is 0 Å². The van der Waals surface area contributed by atoms with E-state index < -0.39 is 0 Å². The zero-order chi connectivity index (χ0) is 13.7. The van der Waals surface area contributed by atoms with Crippen molar-refractivity contribution in [3.05, 3.63) is 12.4 Å². The summed E-state index contributed by atoms with van der Waals surface area (Å²) >= 11 is 0. The number of imidazole rings is 1. The van der Waals surface area contributed by atoms with Crippen LogP contribution in [0.15, 0.2) is 12.4 Å². The molecule has 4 heteroatoms. The van der Waals surface area contributed by atoms with Gasteiger partial charge in [0.1, 0.15) is 0 Å². The largest absolute Gasteiger partial charge is 0.385 e. The molecule has 0 aromatic carbocycles. The van der Waals surface area contributed by atoms with Gasteiger partial charge in [0.05, 0.1) is 0 Å². The number of methoxy groups -OCH3 is 1. The molecule has 1 saturated carbocycles. The summed E-state index contributed by atoms with van der Waals surface area (Å²) in [6, 6.07) is 0.610. The van der Waals surface area contributed by atoms with Crippen LogP contribution in [0.3, 0.4) is 0 Å². The summed E-state index contributed by atoms with van der Waals surface area (Å²) in [5, 5.41) is 3.42. The van der Waals surface area contributed by atoms with E-state index in [-0.39, 0.29) is 0 Å². The number of hydrogen-bond donors (Lipinski definition) is 1. The van der Waals surface area contributed by atoms with E-state index in [0.29, 0.717) is 6.04 Å². The third kappa shape index (κ3) is 3.72. The molecule has 19 heavy (non-hydrogen) atoms. The smallest absolute Gasteiger partial charge is 0.203 e. The number of nitrogens with one attached hydrogen (secondary N) is 1. The lowest BCUT2D eigenvalue weighted by Crippen LogP contribution is -2.24. The van der Waals surface area contributed by atoms with Gasteiger partial charge in [-0.1, -0.05) is 13.8 Å². The van der Waals surface area contributed by atoms with Crippen LogP contribution in [0.1, 0.15) is 45.6 Å². The van der Waals surface area contributed by atoms with Crippen molar-refractivity contribution in [2.75, 3.05) is 25.6 Å². The van der Waals surface area contributed by atoms with Crippen molar-refractivity contribution in [2.45, 2.75) is 45.6 Å². The average molecular weight is 265 g/mol. The highest BCUT2D eigenvalue weighted by Crippen LogP contribution is 2.37.